The van der Waals surface area contributed by atoms with Crippen LogP contribution in [0.2, 0.25) is 0 Å². The molecule has 0 unspecified atom stereocenters. The molecule has 0 atom stereocenters. The Morgan fingerprint density at radius 1 is 1.00 bits per heavy atom. The highest BCUT2D eigenvalue weighted by molar-refractivity contribution is 5.95. The van der Waals surface area contributed by atoms with Gasteiger partial charge in [-0.25, -0.2) is 9.78 Å². The van der Waals surface area contributed by atoms with Gasteiger partial charge in [-0.05, 0) is 81.6 Å². The van der Waals surface area contributed by atoms with Crippen molar-refractivity contribution in [3.8, 4) is 28.1 Å². The molecule has 3 N–H and O–H groups in total. The highest BCUT2D eigenvalue weighted by atomic mass is 35.5. The van der Waals surface area contributed by atoms with Crippen LogP contribution in [-0.2, 0) is 6.42 Å². The van der Waals surface area contributed by atoms with Crippen molar-refractivity contribution in [1.82, 2.24) is 15.2 Å². The molecule has 4 rings (SSSR count). The van der Waals surface area contributed by atoms with Crippen molar-refractivity contribution in [1.29, 1.82) is 0 Å². The minimum atomic E-state index is -1.83. The van der Waals surface area contributed by atoms with Crippen LogP contribution in [0.1, 0.15) is 67.1 Å². The Kier molecular flexibility index (Phi) is 14.3. The van der Waals surface area contributed by atoms with Crippen LogP contribution in [0, 0.1) is 6.92 Å². The lowest BCUT2D eigenvalue weighted by Gasteiger charge is -2.23. The topological polar surface area (TPSA) is 112 Å². The Hall–Kier alpha value is -3.62. The summed E-state index contributed by atoms with van der Waals surface area (Å²) < 4.78 is 6.25. The molecule has 1 aromatic heterocycles. The molecule has 0 saturated heterocycles. The van der Waals surface area contributed by atoms with Gasteiger partial charge in [-0.15, -0.1) is 12.4 Å². The molecule has 228 valence electrons. The third-order valence-corrected chi connectivity index (χ3v) is 7.23. The molecule has 1 saturated carbocycles. The van der Waals surface area contributed by atoms with Crippen molar-refractivity contribution < 1.29 is 24.5 Å². The largest absolute Gasteiger partial charge is 0.503 e. The van der Waals surface area contributed by atoms with Crippen LogP contribution in [0.5, 0.6) is 5.75 Å². The molecule has 3 aromatic rings. The van der Waals surface area contributed by atoms with Crippen LogP contribution < -0.4 is 10.1 Å². The summed E-state index contributed by atoms with van der Waals surface area (Å²) in [6.45, 7) is 5.91. The van der Waals surface area contributed by atoms with E-state index in [0.717, 1.165) is 60.4 Å². The smallest absolute Gasteiger partial charge is 0.493 e. The molecule has 1 heterocycles. The van der Waals surface area contributed by atoms with Gasteiger partial charge in [0.15, 0.2) is 0 Å². The number of hydrogen-bond acceptors (Lipinski definition) is 5. The summed E-state index contributed by atoms with van der Waals surface area (Å²) >= 11 is 0. The molecular weight excluding hydrogens is 554 g/mol. The van der Waals surface area contributed by atoms with Gasteiger partial charge in [0.25, 0.3) is 5.91 Å². The first-order valence-corrected chi connectivity index (χ1v) is 14.4. The summed E-state index contributed by atoms with van der Waals surface area (Å²) in [5.74, 6) is 0.808. The average Bonchev–Trinajstić information content (AvgIpc) is 2.95. The molecule has 0 spiro atoms. The highest BCUT2D eigenvalue weighted by Gasteiger charge is 2.20. The molecule has 42 heavy (non-hydrogen) atoms. The number of ether oxygens (including phenoxy) is 1. The normalized spacial score (nSPS) is 13.0. The first kappa shape index (κ1) is 34.6. The first-order valence-electron chi connectivity index (χ1n) is 14.4. The summed E-state index contributed by atoms with van der Waals surface area (Å²) in [5.41, 5.74) is 6.74. The number of nitrogens with one attached hydrogen (secondary N) is 1. The number of nitrogens with zero attached hydrogens (tertiary/aromatic N) is 2. The lowest BCUT2D eigenvalue weighted by Crippen LogP contribution is -2.36. The Morgan fingerprint density at radius 3 is 2.33 bits per heavy atom. The van der Waals surface area contributed by atoms with Gasteiger partial charge < -0.3 is 25.2 Å². The summed E-state index contributed by atoms with van der Waals surface area (Å²) in [4.78, 5) is 28.9. The molecule has 8 nitrogen and oxygen atoms in total. The summed E-state index contributed by atoms with van der Waals surface area (Å²) in [5, 5.41) is 17.2. The maximum atomic E-state index is 13.2. The van der Waals surface area contributed by atoms with Gasteiger partial charge in [0.05, 0.1) is 12.3 Å². The number of carboxylic acid groups (broad SMARTS) is 2. The van der Waals surface area contributed by atoms with E-state index < -0.39 is 6.16 Å². The second-order valence-corrected chi connectivity index (χ2v) is 10.7. The minimum absolute atomic E-state index is 0. The zero-order valence-corrected chi connectivity index (χ0v) is 25.9. The van der Waals surface area contributed by atoms with Crippen LogP contribution in [0.3, 0.4) is 0 Å². The number of carbonyl (C=O) groups excluding carboxylic acids is 1. The van der Waals surface area contributed by atoms with E-state index in [9.17, 15) is 4.79 Å². The minimum Gasteiger partial charge on any atom is -0.493 e. The van der Waals surface area contributed by atoms with Gasteiger partial charge in [0.1, 0.15) is 11.4 Å². The number of halogens is 1. The number of pyridine rings is 1. The first-order chi connectivity index (χ1) is 19.7. The zero-order valence-electron chi connectivity index (χ0n) is 25.1. The fraction of sp³-hybridized carbons (Fsp3) is 0.424. The highest BCUT2D eigenvalue weighted by Crippen LogP contribution is 2.35. The second kappa shape index (κ2) is 17.4. The lowest BCUT2D eigenvalue weighted by molar-refractivity contribution is 0.0922. The SMILES string of the molecule is CCc1ccc(-c2nc(C(=O)NC3CCCCC3)ccc2-c2ccccc2C)cc1OCCCN(C)C.Cl.O=C(O)O. The van der Waals surface area contributed by atoms with E-state index in [1.165, 1.54) is 30.4 Å². The number of carbonyl (C=O) groups is 2. The number of aromatic nitrogens is 1. The number of rotatable bonds is 10. The van der Waals surface area contributed by atoms with Crippen molar-refractivity contribution in [2.45, 2.75) is 64.8 Å². The molecule has 1 aliphatic rings. The third kappa shape index (κ3) is 10.3. The predicted octanol–water partition coefficient (Wildman–Crippen LogP) is 7.32. The zero-order chi connectivity index (χ0) is 29.8. The summed E-state index contributed by atoms with van der Waals surface area (Å²) in [6, 6.07) is 18.8. The van der Waals surface area contributed by atoms with Gasteiger partial charge in [-0.3, -0.25) is 4.79 Å². The van der Waals surface area contributed by atoms with E-state index in [4.69, 9.17) is 24.7 Å². The van der Waals surface area contributed by atoms with Gasteiger partial charge >= 0.3 is 6.16 Å². The van der Waals surface area contributed by atoms with E-state index in [1.54, 1.807) is 0 Å². The fourth-order valence-electron chi connectivity index (χ4n) is 5.10. The predicted molar refractivity (Wildman–Crippen MR) is 170 cm³/mol. The van der Waals surface area contributed by atoms with Crippen LogP contribution in [0.4, 0.5) is 4.79 Å². The van der Waals surface area contributed by atoms with Gasteiger partial charge in [0, 0.05) is 23.7 Å². The lowest BCUT2D eigenvalue weighted by atomic mass is 9.94. The molecule has 1 aliphatic carbocycles. The Labute approximate surface area is 255 Å². The molecule has 1 amide bonds. The molecule has 0 radical (unpaired) electrons. The standard InChI is InChI=1S/C32H41N3O2.CH2O3.ClH/c1-5-24-16-17-25(22-30(24)37-21-11-20-35(3)4)31-28(27-15-10-9-12-23(27)2)18-19-29(34-31)32(36)33-26-13-7-6-8-14-26;2-1(3)4;/h9-10,12,15-19,22,26H,5-8,11,13-14,20-21H2,1-4H3,(H,33,36);(H2,2,3,4);1H. The maximum absolute atomic E-state index is 13.2. The summed E-state index contributed by atoms with van der Waals surface area (Å²) in [7, 11) is 4.16. The fourth-order valence-corrected chi connectivity index (χ4v) is 5.10. The molecule has 2 aromatic carbocycles. The molecular formula is C33H44ClN3O5. The summed E-state index contributed by atoms with van der Waals surface area (Å²) in [6.07, 6.45) is 5.73. The van der Waals surface area contributed by atoms with E-state index in [2.05, 4.69) is 74.6 Å². The van der Waals surface area contributed by atoms with E-state index in [0.29, 0.717) is 12.3 Å². The second-order valence-electron chi connectivity index (χ2n) is 10.7. The van der Waals surface area contributed by atoms with Crippen molar-refractivity contribution in [2.75, 3.05) is 27.2 Å². The van der Waals surface area contributed by atoms with Crippen molar-refractivity contribution >= 4 is 24.5 Å². The maximum Gasteiger partial charge on any atom is 0.503 e. The van der Waals surface area contributed by atoms with Crippen LogP contribution in [-0.4, -0.2) is 65.4 Å². The Balaban J connectivity index is 0.00000116. The van der Waals surface area contributed by atoms with Crippen LogP contribution >= 0.6 is 12.4 Å². The van der Waals surface area contributed by atoms with Crippen molar-refractivity contribution in [2.24, 2.45) is 0 Å². The Bertz CT molecular complexity index is 1300. The quantitative estimate of drug-likeness (QED) is 0.210. The molecule has 1 fully saturated rings. The van der Waals surface area contributed by atoms with Gasteiger partial charge in [-0.1, -0.05) is 62.6 Å². The molecule has 0 bridgehead atoms. The van der Waals surface area contributed by atoms with Crippen LogP contribution in [0.15, 0.2) is 54.6 Å². The van der Waals surface area contributed by atoms with Crippen molar-refractivity contribution in [3.05, 3.63) is 71.4 Å². The number of aryl methyl sites for hydroxylation is 2. The number of hydrogen-bond donors (Lipinski definition) is 3. The van der Waals surface area contributed by atoms with Gasteiger partial charge in [-0.2, -0.15) is 0 Å². The van der Waals surface area contributed by atoms with E-state index in [1.807, 2.05) is 18.2 Å². The average molecular weight is 598 g/mol. The van der Waals surface area contributed by atoms with Crippen molar-refractivity contribution in [3.63, 3.8) is 0 Å². The van der Waals surface area contributed by atoms with Crippen LogP contribution in [0.25, 0.3) is 22.4 Å². The van der Waals surface area contributed by atoms with E-state index in [-0.39, 0.29) is 24.4 Å². The molecule has 9 heteroatoms. The van der Waals surface area contributed by atoms with E-state index >= 15 is 0 Å². The number of benzene rings is 2. The van der Waals surface area contributed by atoms with Gasteiger partial charge in [0.2, 0.25) is 0 Å². The molecule has 0 aliphatic heterocycles. The monoisotopic (exact) mass is 597 g/mol. The Morgan fingerprint density at radius 2 is 1.69 bits per heavy atom. The third-order valence-electron chi connectivity index (χ3n) is 7.23. The number of amides is 1.